The van der Waals surface area contributed by atoms with Crippen molar-refractivity contribution in [2.24, 2.45) is 0 Å². The molecule has 1 aliphatic heterocycles. The van der Waals surface area contributed by atoms with E-state index in [2.05, 4.69) is 5.32 Å². The van der Waals surface area contributed by atoms with Crippen molar-refractivity contribution in [3.05, 3.63) is 0 Å². The summed E-state index contributed by atoms with van der Waals surface area (Å²) >= 11 is 0. The van der Waals surface area contributed by atoms with Gasteiger partial charge in [-0.1, -0.05) is 0 Å². The van der Waals surface area contributed by atoms with Crippen LogP contribution in [-0.4, -0.2) is 66.7 Å². The first-order chi connectivity index (χ1) is 6.70. The van der Waals surface area contributed by atoms with E-state index >= 15 is 0 Å². The summed E-state index contributed by atoms with van der Waals surface area (Å²) in [6.07, 6.45) is -3.24. The third kappa shape index (κ3) is 2.63. The number of ether oxygens (including phenoxy) is 2. The molecule has 1 aliphatic rings. The van der Waals surface area contributed by atoms with Crippen LogP contribution in [0.2, 0.25) is 0 Å². The average Bonchev–Trinajstić information content (AvgIpc) is 2.46. The predicted molar refractivity (Wildman–Crippen MR) is 47.6 cm³/mol. The summed E-state index contributed by atoms with van der Waals surface area (Å²) in [5, 5.41) is 30.3. The lowest BCUT2D eigenvalue weighted by molar-refractivity contribution is -0.147. The molecule has 1 rings (SSSR count). The Labute approximate surface area is 82.4 Å². The van der Waals surface area contributed by atoms with Gasteiger partial charge in [0.1, 0.15) is 18.3 Å². The molecule has 84 valence electrons. The molecule has 1 saturated heterocycles. The highest BCUT2D eigenvalue weighted by Gasteiger charge is 2.42. The molecule has 0 unspecified atom stereocenters. The van der Waals surface area contributed by atoms with Gasteiger partial charge in [0.2, 0.25) is 0 Å². The van der Waals surface area contributed by atoms with Crippen LogP contribution in [0.25, 0.3) is 0 Å². The fourth-order valence-corrected chi connectivity index (χ4v) is 1.40. The molecule has 0 saturated carbocycles. The average molecular weight is 207 g/mol. The van der Waals surface area contributed by atoms with Gasteiger partial charge in [-0.05, 0) is 0 Å². The van der Waals surface area contributed by atoms with Gasteiger partial charge in [0.25, 0.3) is 0 Å². The quantitative estimate of drug-likeness (QED) is 0.378. The second-order valence-electron chi connectivity index (χ2n) is 3.19. The summed E-state index contributed by atoms with van der Waals surface area (Å²) in [5.74, 6) is 0. The highest BCUT2D eigenvalue weighted by atomic mass is 16.7. The van der Waals surface area contributed by atoms with Crippen LogP contribution in [0.1, 0.15) is 0 Å². The first-order valence-electron chi connectivity index (χ1n) is 4.56. The van der Waals surface area contributed by atoms with Crippen molar-refractivity contribution in [2.45, 2.75) is 24.6 Å². The third-order valence-electron chi connectivity index (χ3n) is 2.19. The van der Waals surface area contributed by atoms with Crippen LogP contribution in [0.15, 0.2) is 0 Å². The van der Waals surface area contributed by atoms with Gasteiger partial charge in [-0.15, -0.1) is 0 Å². The number of methoxy groups -OCH3 is 1. The van der Waals surface area contributed by atoms with Gasteiger partial charge in [-0.2, -0.15) is 0 Å². The van der Waals surface area contributed by atoms with Crippen molar-refractivity contribution < 1.29 is 24.8 Å². The molecule has 0 bridgehead atoms. The van der Waals surface area contributed by atoms with E-state index in [1.807, 2.05) is 0 Å². The van der Waals surface area contributed by atoms with Crippen LogP contribution in [0.4, 0.5) is 0 Å². The van der Waals surface area contributed by atoms with Gasteiger partial charge in [0, 0.05) is 20.2 Å². The van der Waals surface area contributed by atoms with Crippen molar-refractivity contribution in [2.75, 3.05) is 26.8 Å². The van der Waals surface area contributed by atoms with E-state index < -0.39 is 24.6 Å². The van der Waals surface area contributed by atoms with Crippen LogP contribution in [0.3, 0.4) is 0 Å². The number of hydrogen-bond donors (Lipinski definition) is 4. The highest BCUT2D eigenvalue weighted by molar-refractivity contribution is 4.87. The minimum Gasteiger partial charge on any atom is -0.395 e. The maximum atomic E-state index is 9.50. The van der Waals surface area contributed by atoms with Crippen LogP contribution < -0.4 is 5.32 Å². The molecule has 4 N–H and O–H groups in total. The molecule has 0 aromatic heterocycles. The van der Waals surface area contributed by atoms with Crippen LogP contribution in [0.5, 0.6) is 0 Å². The van der Waals surface area contributed by atoms with Crippen molar-refractivity contribution in [3.63, 3.8) is 0 Å². The summed E-state index contributed by atoms with van der Waals surface area (Å²) in [5.41, 5.74) is 0. The van der Waals surface area contributed by atoms with Gasteiger partial charge in [-0.25, -0.2) is 0 Å². The zero-order valence-corrected chi connectivity index (χ0v) is 8.09. The number of aliphatic hydroxyl groups is 3. The van der Waals surface area contributed by atoms with Crippen molar-refractivity contribution in [1.82, 2.24) is 5.32 Å². The maximum absolute atomic E-state index is 9.50. The second-order valence-corrected chi connectivity index (χ2v) is 3.19. The topological polar surface area (TPSA) is 91.2 Å². The van der Waals surface area contributed by atoms with Crippen LogP contribution >= 0.6 is 0 Å². The molecule has 0 aliphatic carbocycles. The fraction of sp³-hybridized carbons (Fsp3) is 1.00. The standard InChI is InChI=1S/C8H17NO5/c1-13-8-7(12)6(11)5(14-8)4-9-2-3-10/h5-12H,2-4H2,1H3/t5-,6-,7+,8+/m1/s1. The predicted octanol–water partition coefficient (Wildman–Crippen LogP) is -2.34. The summed E-state index contributed by atoms with van der Waals surface area (Å²) in [6, 6.07) is 0. The lowest BCUT2D eigenvalue weighted by Crippen LogP contribution is -2.38. The highest BCUT2D eigenvalue weighted by Crippen LogP contribution is 2.20. The fourth-order valence-electron chi connectivity index (χ4n) is 1.40. The molecule has 0 amide bonds. The third-order valence-corrected chi connectivity index (χ3v) is 2.19. The molecule has 0 radical (unpaired) electrons. The number of rotatable bonds is 5. The first-order valence-corrected chi connectivity index (χ1v) is 4.56. The van der Waals surface area contributed by atoms with E-state index in [1.54, 1.807) is 0 Å². The molecule has 0 aromatic carbocycles. The summed E-state index contributed by atoms with van der Waals surface area (Å²) in [4.78, 5) is 0. The second kappa shape index (κ2) is 5.59. The normalized spacial score (nSPS) is 37.7. The van der Waals surface area contributed by atoms with Gasteiger partial charge >= 0.3 is 0 Å². The van der Waals surface area contributed by atoms with Gasteiger partial charge in [0.15, 0.2) is 6.29 Å². The Bertz CT molecular complexity index is 168. The summed E-state index contributed by atoms with van der Waals surface area (Å²) < 4.78 is 10.0. The van der Waals surface area contributed by atoms with Gasteiger partial charge in [0.05, 0.1) is 6.61 Å². The molecule has 6 nitrogen and oxygen atoms in total. The Morgan fingerprint density at radius 1 is 1.36 bits per heavy atom. The lowest BCUT2D eigenvalue weighted by atomic mass is 10.1. The van der Waals surface area contributed by atoms with E-state index in [0.717, 1.165) is 0 Å². The molecule has 14 heavy (non-hydrogen) atoms. The molecule has 4 atom stereocenters. The molecule has 1 heterocycles. The van der Waals surface area contributed by atoms with E-state index in [-0.39, 0.29) is 6.61 Å². The molecular weight excluding hydrogens is 190 g/mol. The maximum Gasteiger partial charge on any atom is 0.186 e. The Balaban J connectivity index is 2.32. The monoisotopic (exact) mass is 207 g/mol. The Hall–Kier alpha value is -0.240. The Kier molecular flexibility index (Phi) is 4.73. The van der Waals surface area contributed by atoms with Gasteiger partial charge in [-0.3, -0.25) is 0 Å². The number of aliphatic hydroxyl groups excluding tert-OH is 3. The Morgan fingerprint density at radius 2 is 2.07 bits per heavy atom. The van der Waals surface area contributed by atoms with E-state index in [1.165, 1.54) is 7.11 Å². The van der Waals surface area contributed by atoms with Crippen molar-refractivity contribution in [3.8, 4) is 0 Å². The van der Waals surface area contributed by atoms with Crippen molar-refractivity contribution in [1.29, 1.82) is 0 Å². The zero-order chi connectivity index (χ0) is 10.6. The van der Waals surface area contributed by atoms with Gasteiger partial charge < -0.3 is 30.1 Å². The molecule has 0 aromatic rings. The molecule has 6 heteroatoms. The first kappa shape index (κ1) is 11.8. The smallest absolute Gasteiger partial charge is 0.186 e. The molecule has 1 fully saturated rings. The molecular formula is C8H17NO5. The minimum absolute atomic E-state index is 0.0269. The number of nitrogens with one attached hydrogen (secondary N) is 1. The van der Waals surface area contributed by atoms with Crippen LogP contribution in [0, 0.1) is 0 Å². The number of hydrogen-bond acceptors (Lipinski definition) is 6. The lowest BCUT2D eigenvalue weighted by Gasteiger charge is -2.14. The van der Waals surface area contributed by atoms with Crippen LogP contribution in [-0.2, 0) is 9.47 Å². The Morgan fingerprint density at radius 3 is 2.57 bits per heavy atom. The van der Waals surface area contributed by atoms with E-state index in [4.69, 9.17) is 14.6 Å². The largest absolute Gasteiger partial charge is 0.395 e. The zero-order valence-electron chi connectivity index (χ0n) is 8.09. The summed E-state index contributed by atoms with van der Waals surface area (Å²) in [7, 11) is 1.41. The SMILES string of the molecule is CO[C@H]1O[C@H](CNCCO)[C@@H](O)[C@@H]1O. The molecule has 0 spiro atoms. The van der Waals surface area contributed by atoms with E-state index in [0.29, 0.717) is 13.1 Å². The van der Waals surface area contributed by atoms with Crippen molar-refractivity contribution >= 4 is 0 Å². The minimum atomic E-state index is -1.01. The summed E-state index contributed by atoms with van der Waals surface area (Å²) in [6.45, 7) is 0.831. The van der Waals surface area contributed by atoms with E-state index in [9.17, 15) is 10.2 Å².